The summed E-state index contributed by atoms with van der Waals surface area (Å²) in [5, 5.41) is 0. The third kappa shape index (κ3) is 3.24. The van der Waals surface area contributed by atoms with Gasteiger partial charge in [0.1, 0.15) is 10.7 Å². The Morgan fingerprint density at radius 1 is 1.38 bits per heavy atom. The van der Waals surface area contributed by atoms with E-state index >= 15 is 0 Å². The van der Waals surface area contributed by atoms with E-state index in [2.05, 4.69) is 4.72 Å². The number of benzene rings is 1. The number of nitrogens with two attached hydrogens (primary N) is 1. The minimum absolute atomic E-state index is 0.105. The van der Waals surface area contributed by atoms with Crippen molar-refractivity contribution in [2.45, 2.75) is 36.5 Å². The Morgan fingerprint density at radius 3 is 2.48 bits per heavy atom. The summed E-state index contributed by atoms with van der Waals surface area (Å²) in [4.78, 5) is 11.3. The summed E-state index contributed by atoms with van der Waals surface area (Å²) in [7, 11) is -2.64. The Bertz CT molecular complexity index is 640. The van der Waals surface area contributed by atoms with Crippen molar-refractivity contribution in [3.63, 3.8) is 0 Å². The third-order valence-electron chi connectivity index (χ3n) is 4.05. The van der Waals surface area contributed by atoms with Gasteiger partial charge in [0.2, 0.25) is 15.9 Å². The van der Waals surface area contributed by atoms with Crippen LogP contribution in [0.5, 0.6) is 0 Å². The van der Waals surface area contributed by atoms with E-state index in [1.54, 1.807) is 0 Å². The second kappa shape index (κ2) is 6.11. The van der Waals surface area contributed by atoms with E-state index in [0.29, 0.717) is 5.56 Å². The van der Waals surface area contributed by atoms with Crippen molar-refractivity contribution in [1.29, 1.82) is 0 Å². The first kappa shape index (κ1) is 15.9. The van der Waals surface area contributed by atoms with Crippen LogP contribution in [0.25, 0.3) is 0 Å². The fourth-order valence-electron chi connectivity index (χ4n) is 3.00. The number of rotatable bonds is 5. The molecule has 3 N–H and O–H groups in total. The van der Waals surface area contributed by atoms with Crippen LogP contribution in [0.2, 0.25) is 0 Å². The highest BCUT2D eigenvalue weighted by Gasteiger charge is 2.31. The van der Waals surface area contributed by atoms with Crippen molar-refractivity contribution in [3.05, 3.63) is 29.6 Å². The Hall–Kier alpha value is -1.47. The lowest BCUT2D eigenvalue weighted by Gasteiger charge is -2.21. The van der Waals surface area contributed by atoms with Gasteiger partial charge < -0.3 is 5.73 Å². The summed E-state index contributed by atoms with van der Waals surface area (Å²) in [6.07, 6.45) is 3.82. The summed E-state index contributed by atoms with van der Waals surface area (Å²) >= 11 is 0. The molecule has 0 aromatic heterocycles. The highest BCUT2D eigenvalue weighted by atomic mass is 32.2. The molecule has 1 saturated carbocycles. The Labute approximate surface area is 123 Å². The summed E-state index contributed by atoms with van der Waals surface area (Å²) in [5.41, 5.74) is 5.90. The van der Waals surface area contributed by atoms with Gasteiger partial charge in [0.15, 0.2) is 0 Å². The quantitative estimate of drug-likeness (QED) is 0.863. The summed E-state index contributed by atoms with van der Waals surface area (Å²) in [6, 6.07) is 3.76. The maximum atomic E-state index is 14.1. The maximum absolute atomic E-state index is 14.1. The van der Waals surface area contributed by atoms with Gasteiger partial charge in [-0.05, 0) is 43.5 Å². The molecule has 1 aliphatic rings. The van der Waals surface area contributed by atoms with E-state index < -0.39 is 32.6 Å². The van der Waals surface area contributed by atoms with Gasteiger partial charge in [-0.25, -0.2) is 17.5 Å². The van der Waals surface area contributed by atoms with Crippen molar-refractivity contribution >= 4 is 15.9 Å². The normalized spacial score (nSPS) is 17.8. The van der Waals surface area contributed by atoms with Gasteiger partial charge in [-0.3, -0.25) is 4.79 Å². The molecular formula is C14H19FN2O3S. The lowest BCUT2D eigenvalue weighted by atomic mass is 9.84. The van der Waals surface area contributed by atoms with Crippen LogP contribution in [0, 0.1) is 11.7 Å². The lowest BCUT2D eigenvalue weighted by Crippen LogP contribution is -2.27. The number of amides is 1. The molecule has 1 unspecified atom stereocenters. The minimum Gasteiger partial charge on any atom is -0.369 e. The van der Waals surface area contributed by atoms with Gasteiger partial charge in [-0.2, -0.15) is 0 Å². The molecule has 1 aromatic carbocycles. The van der Waals surface area contributed by atoms with Crippen LogP contribution >= 0.6 is 0 Å². The van der Waals surface area contributed by atoms with Gasteiger partial charge in [0, 0.05) is 0 Å². The van der Waals surface area contributed by atoms with Crippen LogP contribution in [0.3, 0.4) is 0 Å². The fraction of sp³-hybridized carbons (Fsp3) is 0.500. The number of halogens is 1. The topological polar surface area (TPSA) is 89.3 Å². The highest BCUT2D eigenvalue weighted by Crippen LogP contribution is 2.37. The number of carbonyl (C=O) groups excluding carboxylic acids is 1. The zero-order valence-electron chi connectivity index (χ0n) is 11.8. The van der Waals surface area contributed by atoms with E-state index in [4.69, 9.17) is 5.73 Å². The van der Waals surface area contributed by atoms with E-state index in [1.165, 1.54) is 19.2 Å². The Kier molecular flexibility index (Phi) is 4.63. The van der Waals surface area contributed by atoms with Crippen LogP contribution in [0.15, 0.2) is 23.1 Å². The fourth-order valence-corrected chi connectivity index (χ4v) is 3.78. The number of hydrogen-bond acceptors (Lipinski definition) is 3. The molecule has 0 aliphatic heterocycles. The second-order valence-corrected chi connectivity index (χ2v) is 7.18. The van der Waals surface area contributed by atoms with Crippen LogP contribution < -0.4 is 10.5 Å². The average molecular weight is 314 g/mol. The first-order chi connectivity index (χ1) is 9.86. The predicted molar refractivity (Wildman–Crippen MR) is 76.5 cm³/mol. The SMILES string of the molecule is CNS(=O)(=O)c1ccc(C(C(N)=O)C2CCCC2)cc1F. The number of primary amides is 1. The molecule has 0 spiro atoms. The molecule has 1 fully saturated rings. The maximum Gasteiger partial charge on any atom is 0.243 e. The number of nitrogens with one attached hydrogen (secondary N) is 1. The van der Waals surface area contributed by atoms with Crippen molar-refractivity contribution < 1.29 is 17.6 Å². The summed E-state index contributed by atoms with van der Waals surface area (Å²) in [6.45, 7) is 0. The number of carbonyl (C=O) groups is 1. The summed E-state index contributed by atoms with van der Waals surface area (Å²) < 4.78 is 39.4. The molecule has 0 bridgehead atoms. The van der Waals surface area contributed by atoms with E-state index in [-0.39, 0.29) is 5.92 Å². The van der Waals surface area contributed by atoms with Crippen molar-refractivity contribution in [2.75, 3.05) is 7.05 Å². The van der Waals surface area contributed by atoms with Gasteiger partial charge in [-0.1, -0.05) is 18.9 Å². The first-order valence-corrected chi connectivity index (χ1v) is 8.37. The van der Waals surface area contributed by atoms with Crippen LogP contribution in [0.1, 0.15) is 37.2 Å². The molecule has 1 amide bonds. The second-order valence-electron chi connectivity index (χ2n) is 5.32. The molecular weight excluding hydrogens is 295 g/mol. The summed E-state index contributed by atoms with van der Waals surface area (Å²) in [5.74, 6) is -1.82. The van der Waals surface area contributed by atoms with E-state index in [9.17, 15) is 17.6 Å². The van der Waals surface area contributed by atoms with Gasteiger partial charge in [0.05, 0.1) is 5.92 Å². The van der Waals surface area contributed by atoms with Crippen LogP contribution in [0.4, 0.5) is 4.39 Å². The molecule has 1 aliphatic carbocycles. The smallest absolute Gasteiger partial charge is 0.243 e. The molecule has 1 atom stereocenters. The van der Waals surface area contributed by atoms with E-state index in [1.807, 2.05) is 0 Å². The molecule has 1 aromatic rings. The number of hydrogen-bond donors (Lipinski definition) is 2. The van der Waals surface area contributed by atoms with Crippen molar-refractivity contribution in [1.82, 2.24) is 4.72 Å². The van der Waals surface area contributed by atoms with Crippen molar-refractivity contribution in [3.8, 4) is 0 Å². The largest absolute Gasteiger partial charge is 0.369 e. The standard InChI is InChI=1S/C14H19FN2O3S/c1-17-21(19,20)12-7-6-10(8-11(12)15)13(14(16)18)9-4-2-3-5-9/h6-9,13,17H,2-5H2,1H3,(H2,16,18). The molecule has 116 valence electrons. The minimum atomic E-state index is -3.85. The molecule has 2 rings (SSSR count). The zero-order valence-corrected chi connectivity index (χ0v) is 12.6. The molecule has 7 heteroatoms. The van der Waals surface area contributed by atoms with Gasteiger partial charge in [-0.15, -0.1) is 0 Å². The molecule has 5 nitrogen and oxygen atoms in total. The molecule has 0 radical (unpaired) electrons. The third-order valence-corrected chi connectivity index (χ3v) is 5.50. The van der Waals surface area contributed by atoms with Gasteiger partial charge >= 0.3 is 0 Å². The average Bonchev–Trinajstić information content (AvgIpc) is 2.92. The Morgan fingerprint density at radius 2 is 2.00 bits per heavy atom. The van der Waals surface area contributed by atoms with Gasteiger partial charge in [0.25, 0.3) is 0 Å². The zero-order chi connectivity index (χ0) is 15.6. The van der Waals surface area contributed by atoms with Crippen molar-refractivity contribution in [2.24, 2.45) is 11.7 Å². The van der Waals surface area contributed by atoms with E-state index in [0.717, 1.165) is 31.7 Å². The number of sulfonamides is 1. The van der Waals surface area contributed by atoms with Crippen LogP contribution in [-0.2, 0) is 14.8 Å². The van der Waals surface area contributed by atoms with Crippen LogP contribution in [-0.4, -0.2) is 21.4 Å². The Balaban J connectivity index is 2.40. The molecule has 0 saturated heterocycles. The lowest BCUT2D eigenvalue weighted by molar-refractivity contribution is -0.120. The highest BCUT2D eigenvalue weighted by molar-refractivity contribution is 7.89. The predicted octanol–water partition coefficient (Wildman–Crippen LogP) is 1.49. The monoisotopic (exact) mass is 314 g/mol. The first-order valence-electron chi connectivity index (χ1n) is 6.89. The molecule has 0 heterocycles. The molecule has 21 heavy (non-hydrogen) atoms.